The zero-order valence-electron chi connectivity index (χ0n) is 17.4. The number of rotatable bonds is 2. The van der Waals surface area contributed by atoms with Crippen LogP contribution in [0.1, 0.15) is 0 Å². The number of pyridine rings is 1. The molecule has 1 nitrogen and oxygen atoms in total. The maximum Gasteiger partial charge on any atom is 0.0709 e. The van der Waals surface area contributed by atoms with E-state index in [4.69, 9.17) is 4.98 Å². The number of nitrogens with zero attached hydrogens (tertiary/aromatic N) is 1. The average molecular weight is 406 g/mol. The van der Waals surface area contributed by atoms with E-state index in [-0.39, 0.29) is 0 Å². The first kappa shape index (κ1) is 17.5. The van der Waals surface area contributed by atoms with Gasteiger partial charge < -0.3 is 0 Å². The van der Waals surface area contributed by atoms with E-state index in [9.17, 15) is 0 Å². The second kappa shape index (κ2) is 6.63. The van der Waals surface area contributed by atoms with E-state index < -0.39 is 0 Å². The molecular formula is C31H19N. The van der Waals surface area contributed by atoms with Gasteiger partial charge >= 0.3 is 0 Å². The SMILES string of the molecule is c1cc(-c2ccc3ccccc3n2)cc(-c2ccc3ccc4cccc5ccc2c3c45)c1. The number of hydrogen-bond acceptors (Lipinski definition) is 1. The normalized spacial score (nSPS) is 11.8. The lowest BCUT2D eigenvalue weighted by Crippen LogP contribution is -1.89. The predicted molar refractivity (Wildman–Crippen MR) is 136 cm³/mol. The van der Waals surface area contributed by atoms with Crippen LogP contribution in [0.5, 0.6) is 0 Å². The fourth-order valence-corrected chi connectivity index (χ4v) is 5.06. The zero-order valence-corrected chi connectivity index (χ0v) is 17.4. The van der Waals surface area contributed by atoms with E-state index in [0.29, 0.717) is 0 Å². The lowest BCUT2D eigenvalue weighted by molar-refractivity contribution is 1.40. The molecule has 0 aliphatic heterocycles. The molecule has 0 amide bonds. The summed E-state index contributed by atoms with van der Waals surface area (Å²) in [6.45, 7) is 0. The van der Waals surface area contributed by atoms with Gasteiger partial charge in [-0.25, -0.2) is 4.98 Å². The monoisotopic (exact) mass is 405 g/mol. The van der Waals surface area contributed by atoms with Crippen LogP contribution >= 0.6 is 0 Å². The van der Waals surface area contributed by atoms with Gasteiger partial charge in [0.1, 0.15) is 0 Å². The van der Waals surface area contributed by atoms with Crippen LogP contribution in [-0.4, -0.2) is 4.98 Å². The average Bonchev–Trinajstić information content (AvgIpc) is 2.87. The van der Waals surface area contributed by atoms with Gasteiger partial charge in [0.2, 0.25) is 0 Å². The number of benzene rings is 6. The molecule has 148 valence electrons. The molecule has 7 aromatic rings. The zero-order chi connectivity index (χ0) is 21.1. The van der Waals surface area contributed by atoms with Gasteiger partial charge in [-0.05, 0) is 61.6 Å². The molecular weight excluding hydrogens is 386 g/mol. The third kappa shape index (κ3) is 2.55. The molecule has 0 radical (unpaired) electrons. The van der Waals surface area contributed by atoms with E-state index in [1.165, 1.54) is 48.8 Å². The van der Waals surface area contributed by atoms with Gasteiger partial charge in [-0.1, -0.05) is 97.1 Å². The van der Waals surface area contributed by atoms with Crippen molar-refractivity contribution >= 4 is 43.2 Å². The van der Waals surface area contributed by atoms with Crippen molar-refractivity contribution in [3.8, 4) is 22.4 Å². The Balaban J connectivity index is 1.46. The van der Waals surface area contributed by atoms with Crippen molar-refractivity contribution in [3.63, 3.8) is 0 Å². The van der Waals surface area contributed by atoms with Gasteiger partial charge in [-0.3, -0.25) is 0 Å². The van der Waals surface area contributed by atoms with Crippen LogP contribution in [0.3, 0.4) is 0 Å². The molecule has 0 unspecified atom stereocenters. The molecule has 0 spiro atoms. The summed E-state index contributed by atoms with van der Waals surface area (Å²) in [7, 11) is 0. The fourth-order valence-electron chi connectivity index (χ4n) is 5.06. The summed E-state index contributed by atoms with van der Waals surface area (Å²) in [6.07, 6.45) is 0. The molecule has 0 saturated carbocycles. The molecule has 0 N–H and O–H groups in total. The van der Waals surface area contributed by atoms with E-state index in [0.717, 1.165) is 16.8 Å². The van der Waals surface area contributed by atoms with Gasteiger partial charge in [0.25, 0.3) is 0 Å². The first-order valence-electron chi connectivity index (χ1n) is 11.0. The van der Waals surface area contributed by atoms with Crippen LogP contribution in [0, 0.1) is 0 Å². The highest BCUT2D eigenvalue weighted by atomic mass is 14.7. The minimum atomic E-state index is 1.00. The van der Waals surface area contributed by atoms with Crippen molar-refractivity contribution in [3.05, 3.63) is 115 Å². The Morgan fingerprint density at radius 1 is 0.438 bits per heavy atom. The van der Waals surface area contributed by atoms with Crippen molar-refractivity contribution in [1.29, 1.82) is 0 Å². The maximum atomic E-state index is 4.91. The number of aromatic nitrogens is 1. The molecule has 1 heteroatoms. The first-order chi connectivity index (χ1) is 15.8. The Kier molecular flexibility index (Phi) is 3.62. The Hall–Kier alpha value is -4.23. The standard InChI is InChI=1S/C31H19N/c1-2-10-28-20(5-1)15-18-29(32-28)25-9-4-8-24(19-25)26-16-13-23-12-11-21-6-3-7-22-14-17-27(26)31(23)30(21)22/h1-19H. The van der Waals surface area contributed by atoms with E-state index >= 15 is 0 Å². The van der Waals surface area contributed by atoms with Crippen LogP contribution in [0.15, 0.2) is 115 Å². The van der Waals surface area contributed by atoms with E-state index in [1.807, 2.05) is 6.07 Å². The smallest absolute Gasteiger partial charge is 0.0709 e. The van der Waals surface area contributed by atoms with Gasteiger partial charge in [0.15, 0.2) is 0 Å². The molecule has 0 atom stereocenters. The molecule has 0 saturated heterocycles. The summed E-state index contributed by atoms with van der Waals surface area (Å²) in [6, 6.07) is 41.4. The predicted octanol–water partition coefficient (Wildman–Crippen LogP) is 8.47. The molecule has 7 rings (SSSR count). The van der Waals surface area contributed by atoms with Crippen molar-refractivity contribution in [2.24, 2.45) is 0 Å². The van der Waals surface area contributed by atoms with Crippen LogP contribution in [-0.2, 0) is 0 Å². The van der Waals surface area contributed by atoms with Crippen LogP contribution < -0.4 is 0 Å². The highest BCUT2D eigenvalue weighted by Gasteiger charge is 2.12. The lowest BCUT2D eigenvalue weighted by Gasteiger charge is -2.14. The molecule has 32 heavy (non-hydrogen) atoms. The largest absolute Gasteiger partial charge is 0.248 e. The maximum absolute atomic E-state index is 4.91. The van der Waals surface area contributed by atoms with Gasteiger partial charge in [0, 0.05) is 10.9 Å². The van der Waals surface area contributed by atoms with E-state index in [1.54, 1.807) is 0 Å². The number of hydrogen-bond donors (Lipinski definition) is 0. The molecule has 6 aromatic carbocycles. The summed E-state index contributed by atoms with van der Waals surface area (Å²) < 4.78 is 0. The second-order valence-electron chi connectivity index (χ2n) is 8.44. The van der Waals surface area contributed by atoms with Gasteiger partial charge in [0.05, 0.1) is 11.2 Å². The summed E-state index contributed by atoms with van der Waals surface area (Å²) in [4.78, 5) is 4.91. The van der Waals surface area contributed by atoms with Crippen molar-refractivity contribution < 1.29 is 0 Å². The van der Waals surface area contributed by atoms with Crippen LogP contribution in [0.2, 0.25) is 0 Å². The topological polar surface area (TPSA) is 12.9 Å². The molecule has 0 fully saturated rings. The molecule has 0 bridgehead atoms. The molecule has 0 aliphatic carbocycles. The van der Waals surface area contributed by atoms with Gasteiger partial charge in [-0.15, -0.1) is 0 Å². The highest BCUT2D eigenvalue weighted by molar-refractivity contribution is 6.25. The summed E-state index contributed by atoms with van der Waals surface area (Å²) in [5.41, 5.74) is 5.65. The third-order valence-corrected chi connectivity index (χ3v) is 6.60. The van der Waals surface area contributed by atoms with Gasteiger partial charge in [-0.2, -0.15) is 0 Å². The lowest BCUT2D eigenvalue weighted by atomic mass is 9.89. The Bertz CT molecular complexity index is 1760. The van der Waals surface area contributed by atoms with Crippen molar-refractivity contribution in [1.82, 2.24) is 4.98 Å². The summed E-state index contributed by atoms with van der Waals surface area (Å²) >= 11 is 0. The Morgan fingerprint density at radius 3 is 2.00 bits per heavy atom. The quantitative estimate of drug-likeness (QED) is 0.263. The fraction of sp³-hybridized carbons (Fsp3) is 0. The molecule has 1 heterocycles. The highest BCUT2D eigenvalue weighted by Crippen LogP contribution is 2.39. The Morgan fingerprint density at radius 2 is 1.09 bits per heavy atom. The third-order valence-electron chi connectivity index (χ3n) is 6.60. The van der Waals surface area contributed by atoms with E-state index in [2.05, 4.69) is 109 Å². The molecule has 0 aliphatic rings. The molecule has 1 aromatic heterocycles. The first-order valence-corrected chi connectivity index (χ1v) is 11.0. The minimum Gasteiger partial charge on any atom is -0.248 e. The second-order valence-corrected chi connectivity index (χ2v) is 8.44. The van der Waals surface area contributed by atoms with Crippen LogP contribution in [0.4, 0.5) is 0 Å². The Labute approximate surface area is 185 Å². The van der Waals surface area contributed by atoms with Crippen LogP contribution in [0.25, 0.3) is 65.6 Å². The summed E-state index contributed by atoms with van der Waals surface area (Å²) in [5.74, 6) is 0. The number of para-hydroxylation sites is 1. The minimum absolute atomic E-state index is 1.00. The number of fused-ring (bicyclic) bond motifs is 1. The van der Waals surface area contributed by atoms with Crippen molar-refractivity contribution in [2.75, 3.05) is 0 Å². The van der Waals surface area contributed by atoms with Crippen molar-refractivity contribution in [2.45, 2.75) is 0 Å². The summed E-state index contributed by atoms with van der Waals surface area (Å²) in [5, 5.41) is 9.07.